The van der Waals surface area contributed by atoms with Crippen LogP contribution in [-0.4, -0.2) is 40.2 Å². The van der Waals surface area contributed by atoms with Crippen molar-refractivity contribution in [3.63, 3.8) is 0 Å². The van der Waals surface area contributed by atoms with Gasteiger partial charge in [-0.15, -0.1) is 0 Å². The molecular formula is C28H30N4O3S. The second kappa shape index (κ2) is 8.06. The van der Waals surface area contributed by atoms with E-state index < -0.39 is 15.4 Å². The van der Waals surface area contributed by atoms with E-state index in [0.717, 1.165) is 45.6 Å². The average molecular weight is 503 g/mol. The fourth-order valence-electron chi connectivity index (χ4n) is 6.26. The molecule has 2 atom stereocenters. The topological polar surface area (TPSA) is 86.0 Å². The number of nitrogens with zero attached hydrogens (tertiary/aromatic N) is 3. The number of aromatic nitrogens is 3. The first-order valence-corrected chi connectivity index (χ1v) is 14.2. The number of hydrogen-bond acceptors (Lipinski definition) is 4. The lowest BCUT2D eigenvalue weighted by Crippen LogP contribution is -2.33. The molecule has 7 nitrogen and oxygen atoms in total. The number of carbonyl (C=O) groups excluding carboxylic acids is 1. The van der Waals surface area contributed by atoms with Crippen molar-refractivity contribution in [1.82, 2.24) is 14.3 Å². The predicted octanol–water partition coefficient (Wildman–Crippen LogP) is 4.51. The minimum atomic E-state index is -3.09. The SMILES string of the molecule is Cc1nn([C@]2(C)CCS(=O)(=O)C2)c(C)c1[C@@H]1CC(=O)Nc2cccc3c2c1cn3Cc1ccccc1. The zero-order valence-corrected chi connectivity index (χ0v) is 21.6. The molecule has 186 valence electrons. The molecule has 6 rings (SSSR count). The first-order chi connectivity index (χ1) is 17.2. The lowest BCUT2D eigenvalue weighted by atomic mass is 9.87. The van der Waals surface area contributed by atoms with Gasteiger partial charge in [0, 0.05) is 41.7 Å². The van der Waals surface area contributed by atoms with Crippen LogP contribution in [0.2, 0.25) is 0 Å². The predicted molar refractivity (Wildman–Crippen MR) is 141 cm³/mol. The van der Waals surface area contributed by atoms with Gasteiger partial charge in [0.2, 0.25) is 5.91 Å². The Bertz CT molecular complexity index is 1620. The van der Waals surface area contributed by atoms with E-state index in [1.807, 2.05) is 55.8 Å². The van der Waals surface area contributed by atoms with Gasteiger partial charge in [0.1, 0.15) is 0 Å². The van der Waals surface area contributed by atoms with E-state index in [4.69, 9.17) is 5.10 Å². The molecule has 2 aromatic heterocycles. The largest absolute Gasteiger partial charge is 0.343 e. The summed E-state index contributed by atoms with van der Waals surface area (Å²) in [5, 5.41) is 9.05. The van der Waals surface area contributed by atoms with Gasteiger partial charge in [0.25, 0.3) is 0 Å². The van der Waals surface area contributed by atoms with Crippen molar-refractivity contribution in [2.75, 3.05) is 16.8 Å². The number of benzene rings is 2. The van der Waals surface area contributed by atoms with Crippen molar-refractivity contribution in [3.8, 4) is 0 Å². The zero-order valence-electron chi connectivity index (χ0n) is 20.8. The molecule has 1 fully saturated rings. The average Bonchev–Trinajstić information content (AvgIpc) is 3.41. The second-order valence-electron chi connectivity index (χ2n) is 10.5. The van der Waals surface area contributed by atoms with Crippen molar-refractivity contribution in [3.05, 3.63) is 82.8 Å². The van der Waals surface area contributed by atoms with Crippen LogP contribution in [-0.2, 0) is 26.7 Å². The Kier molecular flexibility index (Phi) is 5.16. The Labute approximate surface area is 211 Å². The summed E-state index contributed by atoms with van der Waals surface area (Å²) in [6.45, 7) is 6.69. The third-order valence-corrected chi connectivity index (χ3v) is 9.75. The van der Waals surface area contributed by atoms with Gasteiger partial charge in [-0.1, -0.05) is 36.4 Å². The van der Waals surface area contributed by atoms with Gasteiger partial charge >= 0.3 is 0 Å². The smallest absolute Gasteiger partial charge is 0.225 e. The number of anilines is 1. The maximum Gasteiger partial charge on any atom is 0.225 e. The Morgan fingerprint density at radius 2 is 1.89 bits per heavy atom. The van der Waals surface area contributed by atoms with Crippen LogP contribution >= 0.6 is 0 Å². The summed E-state index contributed by atoms with van der Waals surface area (Å²) < 4.78 is 28.8. The molecular weight excluding hydrogens is 472 g/mol. The Morgan fingerprint density at radius 1 is 1.11 bits per heavy atom. The van der Waals surface area contributed by atoms with E-state index in [0.29, 0.717) is 12.8 Å². The minimum absolute atomic E-state index is 0.0282. The van der Waals surface area contributed by atoms with Crippen LogP contribution in [0.4, 0.5) is 5.69 Å². The lowest BCUT2D eigenvalue weighted by molar-refractivity contribution is -0.116. The summed E-state index contributed by atoms with van der Waals surface area (Å²) in [7, 11) is -3.09. The van der Waals surface area contributed by atoms with E-state index in [1.54, 1.807) is 0 Å². The molecule has 1 N–H and O–H groups in total. The Hall–Kier alpha value is -3.39. The van der Waals surface area contributed by atoms with Crippen LogP contribution < -0.4 is 5.32 Å². The highest BCUT2D eigenvalue weighted by Gasteiger charge is 2.43. The number of rotatable bonds is 4. The van der Waals surface area contributed by atoms with Crippen LogP contribution in [0.1, 0.15) is 53.8 Å². The van der Waals surface area contributed by atoms with Crippen LogP contribution in [0, 0.1) is 13.8 Å². The molecule has 8 heteroatoms. The van der Waals surface area contributed by atoms with Crippen molar-refractivity contribution >= 4 is 32.3 Å². The monoisotopic (exact) mass is 502 g/mol. The summed E-state index contributed by atoms with van der Waals surface area (Å²) in [4.78, 5) is 13.1. The van der Waals surface area contributed by atoms with Crippen molar-refractivity contribution in [2.24, 2.45) is 0 Å². The van der Waals surface area contributed by atoms with Crippen LogP contribution in [0.5, 0.6) is 0 Å². The molecule has 0 aliphatic carbocycles. The number of nitrogens with one attached hydrogen (secondary N) is 1. The maximum atomic E-state index is 13.1. The highest BCUT2D eigenvalue weighted by Crippen LogP contribution is 2.44. The Balaban J connectivity index is 1.52. The highest BCUT2D eigenvalue weighted by atomic mass is 32.2. The van der Waals surface area contributed by atoms with E-state index >= 15 is 0 Å². The molecule has 2 aromatic carbocycles. The third kappa shape index (κ3) is 3.66. The Morgan fingerprint density at radius 3 is 2.61 bits per heavy atom. The van der Waals surface area contributed by atoms with Gasteiger partial charge in [0.15, 0.2) is 9.84 Å². The summed E-state index contributed by atoms with van der Waals surface area (Å²) in [6, 6.07) is 16.4. The van der Waals surface area contributed by atoms with Gasteiger partial charge in [-0.05, 0) is 50.5 Å². The molecule has 2 aliphatic heterocycles. The first kappa shape index (κ1) is 23.0. The quantitative estimate of drug-likeness (QED) is 0.445. The number of hydrogen-bond donors (Lipinski definition) is 1. The summed E-state index contributed by atoms with van der Waals surface area (Å²) in [5.74, 6) is 0.0648. The van der Waals surface area contributed by atoms with E-state index in [9.17, 15) is 13.2 Å². The van der Waals surface area contributed by atoms with Crippen LogP contribution in [0.3, 0.4) is 0 Å². The molecule has 0 spiro atoms. The standard InChI is InChI=1S/C28H30N4O3S/c1-18-26(19(2)32(30-18)28(3)12-13-36(34,35)17-28)21-14-25(33)29-23-10-7-11-24-27(23)22(21)16-31(24)15-20-8-5-4-6-9-20/h4-11,16,21H,12-15,17H2,1-3H3,(H,29,33)/t21-,28-/m1/s1. The minimum Gasteiger partial charge on any atom is -0.343 e. The van der Waals surface area contributed by atoms with Crippen molar-refractivity contribution < 1.29 is 13.2 Å². The van der Waals surface area contributed by atoms with Gasteiger partial charge in [-0.3, -0.25) is 9.48 Å². The molecule has 1 amide bonds. The van der Waals surface area contributed by atoms with Gasteiger partial charge in [0.05, 0.1) is 33.9 Å². The van der Waals surface area contributed by atoms with Crippen molar-refractivity contribution in [1.29, 1.82) is 0 Å². The lowest BCUT2D eigenvalue weighted by Gasteiger charge is -2.25. The van der Waals surface area contributed by atoms with Crippen molar-refractivity contribution in [2.45, 2.75) is 51.6 Å². The first-order valence-electron chi connectivity index (χ1n) is 12.4. The molecule has 0 unspecified atom stereocenters. The summed E-state index contributed by atoms with van der Waals surface area (Å²) in [5.41, 5.74) is 6.45. The third-order valence-electron chi connectivity index (χ3n) is 7.86. The fraction of sp³-hybridized carbons (Fsp3) is 0.357. The summed E-state index contributed by atoms with van der Waals surface area (Å²) in [6.07, 6.45) is 3.04. The van der Waals surface area contributed by atoms with E-state index in [2.05, 4.69) is 34.3 Å². The van der Waals surface area contributed by atoms with E-state index in [-0.39, 0.29) is 23.3 Å². The summed E-state index contributed by atoms with van der Waals surface area (Å²) >= 11 is 0. The number of carbonyl (C=O) groups is 1. The molecule has 36 heavy (non-hydrogen) atoms. The fourth-order valence-corrected chi connectivity index (χ4v) is 8.37. The molecule has 2 aliphatic rings. The highest BCUT2D eigenvalue weighted by molar-refractivity contribution is 7.91. The van der Waals surface area contributed by atoms with E-state index in [1.165, 1.54) is 5.56 Å². The number of aryl methyl sites for hydroxylation is 1. The zero-order chi connectivity index (χ0) is 25.2. The normalized spacial score (nSPS) is 23.1. The van der Waals surface area contributed by atoms with Gasteiger partial charge in [-0.2, -0.15) is 5.10 Å². The van der Waals surface area contributed by atoms with Crippen LogP contribution in [0.25, 0.3) is 10.9 Å². The molecule has 0 saturated carbocycles. The molecule has 4 aromatic rings. The van der Waals surface area contributed by atoms with Gasteiger partial charge in [-0.25, -0.2) is 8.42 Å². The van der Waals surface area contributed by atoms with Gasteiger partial charge < -0.3 is 9.88 Å². The number of amides is 1. The maximum absolute atomic E-state index is 13.1. The van der Waals surface area contributed by atoms with Crippen LogP contribution in [0.15, 0.2) is 54.7 Å². The molecule has 1 saturated heterocycles. The molecule has 4 heterocycles. The molecule has 0 bridgehead atoms. The number of sulfone groups is 1. The molecule has 0 radical (unpaired) electrons. The second-order valence-corrected chi connectivity index (χ2v) is 12.7.